The number of hydrogen-bond acceptors (Lipinski definition) is 5. The zero-order chi connectivity index (χ0) is 14.0. The van der Waals surface area contributed by atoms with Crippen LogP contribution in [0.3, 0.4) is 0 Å². The van der Waals surface area contributed by atoms with Gasteiger partial charge in [0.2, 0.25) is 0 Å². The molecule has 1 heterocycles. The normalized spacial score (nSPS) is 17.4. The summed E-state index contributed by atoms with van der Waals surface area (Å²) in [6.45, 7) is 3.19. The molecule has 1 aromatic heterocycles. The second-order valence-corrected chi connectivity index (χ2v) is 8.62. The lowest BCUT2D eigenvalue weighted by Gasteiger charge is -2.18. The third kappa shape index (κ3) is 4.67. The summed E-state index contributed by atoms with van der Waals surface area (Å²) >= 11 is 7.07. The van der Waals surface area contributed by atoms with Crippen molar-refractivity contribution in [2.45, 2.75) is 23.6 Å². The molecule has 0 amide bonds. The Kier molecular flexibility index (Phi) is 5.45. The van der Waals surface area contributed by atoms with Crippen molar-refractivity contribution in [3.05, 3.63) is 10.0 Å². The lowest BCUT2D eigenvalue weighted by atomic mass is 10.5. The number of aromatic nitrogens is 2. The Morgan fingerprint density at radius 1 is 1.44 bits per heavy atom. The van der Waals surface area contributed by atoms with Gasteiger partial charge in [-0.2, -0.15) is 13.2 Å². The van der Waals surface area contributed by atoms with E-state index in [2.05, 4.69) is 10.2 Å². The molecule has 0 N–H and O–H groups in total. The first-order valence-corrected chi connectivity index (χ1v) is 8.21. The molecule has 0 saturated carbocycles. The summed E-state index contributed by atoms with van der Waals surface area (Å²) in [7, 11) is -1.65. The van der Waals surface area contributed by atoms with Gasteiger partial charge in [0.15, 0.2) is 9.21 Å². The zero-order valence-corrected chi connectivity index (χ0v) is 12.7. The predicted molar refractivity (Wildman–Crippen MR) is 69.4 cm³/mol. The molecule has 0 aliphatic heterocycles. The van der Waals surface area contributed by atoms with E-state index in [0.29, 0.717) is 10.0 Å². The second kappa shape index (κ2) is 6.06. The number of alkyl halides is 4. The molecule has 0 aliphatic carbocycles. The number of nitrogens with zero attached hydrogens (tertiary/aromatic N) is 2. The Morgan fingerprint density at radius 2 is 2.06 bits per heavy atom. The fraction of sp³-hybridized carbons (Fsp3) is 0.750. The number of halogens is 4. The molecular weight excluding hydrogens is 329 g/mol. The van der Waals surface area contributed by atoms with Crippen LogP contribution in [0.1, 0.15) is 16.9 Å². The van der Waals surface area contributed by atoms with Gasteiger partial charge in [0, 0.05) is 11.5 Å². The lowest BCUT2D eigenvalue weighted by Crippen LogP contribution is -2.24. The maximum absolute atomic E-state index is 11.9. The van der Waals surface area contributed by atoms with Crippen LogP contribution in [-0.2, 0) is 15.0 Å². The number of thioether (sulfide) groups is 1. The standard InChI is InChI=1S/C8H10ClF3N2OS3/c1-5-13-14-6(17-5)7(2,9)18(15)4-3-16-8(10,11)12/h3-4H2,1-2H3. The van der Waals surface area contributed by atoms with Gasteiger partial charge in [-0.15, -0.1) is 10.2 Å². The van der Waals surface area contributed by atoms with Crippen LogP contribution in [0, 0.1) is 6.92 Å². The number of aryl methyl sites for hydroxylation is 1. The van der Waals surface area contributed by atoms with Crippen molar-refractivity contribution < 1.29 is 17.4 Å². The maximum atomic E-state index is 11.9. The van der Waals surface area contributed by atoms with Gasteiger partial charge in [-0.1, -0.05) is 34.7 Å². The summed E-state index contributed by atoms with van der Waals surface area (Å²) in [5.74, 6) is -0.445. The smallest absolute Gasteiger partial charge is 0.257 e. The van der Waals surface area contributed by atoms with Crippen LogP contribution in [0.4, 0.5) is 13.2 Å². The van der Waals surface area contributed by atoms with Gasteiger partial charge in [0.25, 0.3) is 0 Å². The van der Waals surface area contributed by atoms with Crippen LogP contribution < -0.4 is 0 Å². The van der Waals surface area contributed by atoms with Crippen LogP contribution in [0.15, 0.2) is 0 Å². The van der Waals surface area contributed by atoms with E-state index < -0.39 is 20.5 Å². The molecule has 18 heavy (non-hydrogen) atoms. The van der Waals surface area contributed by atoms with E-state index in [1.54, 1.807) is 6.92 Å². The van der Waals surface area contributed by atoms with E-state index in [4.69, 9.17) is 11.6 Å². The highest BCUT2D eigenvalue weighted by Gasteiger charge is 2.36. The van der Waals surface area contributed by atoms with Crippen LogP contribution in [0.2, 0.25) is 0 Å². The molecule has 0 bridgehead atoms. The van der Waals surface area contributed by atoms with E-state index in [1.165, 1.54) is 18.3 Å². The van der Waals surface area contributed by atoms with Gasteiger partial charge in [0.05, 0.1) is 10.8 Å². The van der Waals surface area contributed by atoms with E-state index in [0.717, 1.165) is 0 Å². The summed E-state index contributed by atoms with van der Waals surface area (Å²) in [4.78, 5) is 0. The predicted octanol–water partition coefficient (Wildman–Crippen LogP) is 3.26. The molecule has 0 radical (unpaired) electrons. The summed E-state index contributed by atoms with van der Waals surface area (Å²) in [6.07, 6.45) is 0. The third-order valence-corrected chi connectivity index (χ3v) is 6.48. The van der Waals surface area contributed by atoms with Crippen LogP contribution in [-0.4, -0.2) is 31.4 Å². The Balaban J connectivity index is 2.60. The summed E-state index contributed by atoms with van der Waals surface area (Å²) in [5.41, 5.74) is -4.31. The van der Waals surface area contributed by atoms with Crippen molar-refractivity contribution in [2.24, 2.45) is 0 Å². The van der Waals surface area contributed by atoms with Crippen molar-refractivity contribution in [2.75, 3.05) is 11.5 Å². The third-order valence-electron chi connectivity index (χ3n) is 1.87. The van der Waals surface area contributed by atoms with Crippen LogP contribution >= 0.6 is 34.7 Å². The van der Waals surface area contributed by atoms with Gasteiger partial charge in [-0.05, 0) is 13.8 Å². The highest BCUT2D eigenvalue weighted by Crippen LogP contribution is 2.36. The van der Waals surface area contributed by atoms with Gasteiger partial charge < -0.3 is 0 Å². The Bertz CT molecular complexity index is 435. The van der Waals surface area contributed by atoms with Gasteiger partial charge in [0.1, 0.15) is 5.01 Å². The number of rotatable bonds is 5. The van der Waals surface area contributed by atoms with Crippen molar-refractivity contribution in [3.63, 3.8) is 0 Å². The molecule has 0 fully saturated rings. The Labute approximate surface area is 118 Å². The quantitative estimate of drug-likeness (QED) is 0.773. The van der Waals surface area contributed by atoms with E-state index in [9.17, 15) is 17.4 Å². The van der Waals surface area contributed by atoms with Crippen molar-refractivity contribution in [3.8, 4) is 0 Å². The Morgan fingerprint density at radius 3 is 2.50 bits per heavy atom. The molecule has 0 spiro atoms. The van der Waals surface area contributed by atoms with Crippen molar-refractivity contribution >= 4 is 45.5 Å². The zero-order valence-electron chi connectivity index (χ0n) is 9.45. The maximum Gasteiger partial charge on any atom is 0.441 e. The highest BCUT2D eigenvalue weighted by atomic mass is 35.5. The first-order chi connectivity index (χ1) is 8.13. The molecule has 0 aromatic carbocycles. The van der Waals surface area contributed by atoms with E-state index in [1.807, 2.05) is 0 Å². The van der Waals surface area contributed by atoms with Gasteiger partial charge >= 0.3 is 5.51 Å². The molecule has 0 aliphatic rings. The minimum absolute atomic E-state index is 0.150. The highest BCUT2D eigenvalue weighted by molar-refractivity contribution is 8.01. The SMILES string of the molecule is Cc1nnc(C(C)(Cl)S(=O)CCSC(F)(F)F)s1. The minimum Gasteiger partial charge on any atom is -0.257 e. The minimum atomic E-state index is -4.31. The fourth-order valence-electron chi connectivity index (χ4n) is 0.999. The molecule has 1 rings (SSSR count). The van der Waals surface area contributed by atoms with Crippen molar-refractivity contribution in [1.82, 2.24) is 10.2 Å². The lowest BCUT2D eigenvalue weighted by molar-refractivity contribution is -0.0326. The average molecular weight is 339 g/mol. The topological polar surface area (TPSA) is 42.9 Å². The van der Waals surface area contributed by atoms with E-state index in [-0.39, 0.29) is 23.3 Å². The number of hydrogen-bond donors (Lipinski definition) is 0. The first-order valence-electron chi connectivity index (χ1n) is 4.71. The first kappa shape index (κ1) is 16.2. The molecule has 2 unspecified atom stereocenters. The van der Waals surface area contributed by atoms with Gasteiger partial charge in [-0.3, -0.25) is 4.21 Å². The summed E-state index contributed by atoms with van der Waals surface area (Å²) in [5, 5.41) is 8.55. The molecule has 3 nitrogen and oxygen atoms in total. The molecule has 0 saturated heterocycles. The monoisotopic (exact) mass is 338 g/mol. The van der Waals surface area contributed by atoms with Crippen molar-refractivity contribution in [1.29, 1.82) is 0 Å². The summed E-state index contributed by atoms with van der Waals surface area (Å²) < 4.78 is 46.4. The fourth-order valence-corrected chi connectivity index (χ4v) is 4.20. The molecule has 104 valence electrons. The van der Waals surface area contributed by atoms with Crippen LogP contribution in [0.25, 0.3) is 0 Å². The van der Waals surface area contributed by atoms with Crippen LogP contribution in [0.5, 0.6) is 0 Å². The summed E-state index contributed by atoms with van der Waals surface area (Å²) in [6, 6.07) is 0. The molecule has 1 aromatic rings. The molecule has 2 atom stereocenters. The Hall–Kier alpha value is 0.140. The second-order valence-electron chi connectivity index (χ2n) is 3.39. The molecular formula is C8H10ClF3N2OS3. The average Bonchev–Trinajstić information content (AvgIpc) is 2.63. The molecule has 10 heteroatoms. The largest absolute Gasteiger partial charge is 0.441 e. The van der Waals surface area contributed by atoms with Gasteiger partial charge in [-0.25, -0.2) is 0 Å². The van der Waals surface area contributed by atoms with E-state index >= 15 is 0 Å².